The smallest absolute Gasteiger partial charge is 0.444 e. The highest BCUT2D eigenvalue weighted by molar-refractivity contribution is 6.62. The Balaban J connectivity index is 2.02. The molecular weight excluding hydrogens is 446 g/mol. The monoisotopic (exact) mass is 483 g/mol. The second-order valence-electron chi connectivity index (χ2n) is 11.4. The SMILES string of the molecule is CC(C)(C)OC(=O)N(Cc1cc(C(F)(F)F)ccc1B1OC(C)(C)C(C)(C)O1)C1CCCCC1. The molecule has 1 saturated heterocycles. The number of hydrogen-bond acceptors (Lipinski definition) is 4. The Hall–Kier alpha value is -1.74. The molecule has 2 aliphatic rings. The van der Waals surface area contributed by atoms with Crippen LogP contribution >= 0.6 is 0 Å². The number of rotatable bonds is 4. The first-order valence-electron chi connectivity index (χ1n) is 12.1. The molecule has 0 radical (unpaired) electrons. The zero-order chi connectivity index (χ0) is 25.5. The van der Waals surface area contributed by atoms with Crippen LogP contribution in [0.15, 0.2) is 18.2 Å². The number of carbonyl (C=O) groups is 1. The molecule has 1 amide bonds. The minimum atomic E-state index is -4.51. The lowest BCUT2D eigenvalue weighted by atomic mass is 9.75. The van der Waals surface area contributed by atoms with Crippen molar-refractivity contribution in [1.29, 1.82) is 0 Å². The summed E-state index contributed by atoms with van der Waals surface area (Å²) in [6, 6.07) is 3.47. The molecule has 9 heteroatoms. The van der Waals surface area contributed by atoms with E-state index in [1.165, 1.54) is 6.07 Å². The van der Waals surface area contributed by atoms with Crippen LogP contribution in [0.5, 0.6) is 0 Å². The molecule has 0 atom stereocenters. The molecule has 0 unspecified atom stereocenters. The Morgan fingerprint density at radius 1 is 1.06 bits per heavy atom. The molecule has 0 bridgehead atoms. The van der Waals surface area contributed by atoms with Gasteiger partial charge in [-0.05, 0) is 78.4 Å². The van der Waals surface area contributed by atoms with Gasteiger partial charge in [-0.15, -0.1) is 0 Å². The Morgan fingerprint density at radius 2 is 1.62 bits per heavy atom. The van der Waals surface area contributed by atoms with Crippen LogP contribution in [0.3, 0.4) is 0 Å². The third kappa shape index (κ3) is 6.09. The van der Waals surface area contributed by atoms with E-state index in [1.54, 1.807) is 25.7 Å². The van der Waals surface area contributed by atoms with Crippen molar-refractivity contribution in [3.63, 3.8) is 0 Å². The summed E-state index contributed by atoms with van der Waals surface area (Å²) in [5.41, 5.74) is -1.93. The maximum absolute atomic E-state index is 13.6. The van der Waals surface area contributed by atoms with Gasteiger partial charge < -0.3 is 18.9 Å². The summed E-state index contributed by atoms with van der Waals surface area (Å²) in [5.74, 6) is 0. The van der Waals surface area contributed by atoms with E-state index in [0.717, 1.165) is 44.2 Å². The number of alkyl halides is 3. The van der Waals surface area contributed by atoms with E-state index in [9.17, 15) is 18.0 Å². The summed E-state index contributed by atoms with van der Waals surface area (Å²) in [7, 11) is -0.839. The van der Waals surface area contributed by atoms with Crippen molar-refractivity contribution in [2.45, 2.75) is 116 Å². The van der Waals surface area contributed by atoms with Gasteiger partial charge in [-0.3, -0.25) is 0 Å². The molecule has 3 rings (SSSR count). The lowest BCUT2D eigenvalue weighted by molar-refractivity contribution is -0.137. The molecule has 1 aliphatic heterocycles. The van der Waals surface area contributed by atoms with Crippen LogP contribution < -0.4 is 5.46 Å². The number of hydrogen-bond donors (Lipinski definition) is 0. The lowest BCUT2D eigenvalue weighted by Gasteiger charge is -2.36. The Morgan fingerprint density at radius 3 is 2.12 bits per heavy atom. The van der Waals surface area contributed by atoms with Gasteiger partial charge in [0.25, 0.3) is 0 Å². The van der Waals surface area contributed by atoms with Crippen LogP contribution in [-0.2, 0) is 26.8 Å². The van der Waals surface area contributed by atoms with E-state index in [-0.39, 0.29) is 12.6 Å². The normalized spacial score (nSPS) is 20.9. The second kappa shape index (κ2) is 9.38. The summed E-state index contributed by atoms with van der Waals surface area (Å²) in [6.07, 6.45) is -0.412. The Kier molecular flexibility index (Phi) is 7.41. The molecule has 1 saturated carbocycles. The van der Waals surface area contributed by atoms with E-state index in [1.807, 2.05) is 27.7 Å². The number of carbonyl (C=O) groups excluding carboxylic acids is 1. The van der Waals surface area contributed by atoms with Crippen LogP contribution in [0.4, 0.5) is 18.0 Å². The zero-order valence-corrected chi connectivity index (χ0v) is 21.3. The number of ether oxygens (including phenoxy) is 1. The van der Waals surface area contributed by atoms with Gasteiger partial charge in [0, 0.05) is 12.6 Å². The van der Waals surface area contributed by atoms with Crippen molar-refractivity contribution >= 4 is 18.7 Å². The minimum Gasteiger partial charge on any atom is -0.444 e. The molecule has 0 N–H and O–H groups in total. The largest absolute Gasteiger partial charge is 0.495 e. The van der Waals surface area contributed by atoms with Crippen molar-refractivity contribution in [2.24, 2.45) is 0 Å². The van der Waals surface area contributed by atoms with Crippen LogP contribution in [0.1, 0.15) is 91.7 Å². The van der Waals surface area contributed by atoms with Crippen molar-refractivity contribution in [3.8, 4) is 0 Å². The molecule has 2 fully saturated rings. The van der Waals surface area contributed by atoms with Gasteiger partial charge in [-0.2, -0.15) is 13.2 Å². The fourth-order valence-corrected chi connectivity index (χ4v) is 4.36. The molecule has 190 valence electrons. The van der Waals surface area contributed by atoms with E-state index >= 15 is 0 Å². The van der Waals surface area contributed by atoms with E-state index in [0.29, 0.717) is 11.0 Å². The maximum atomic E-state index is 13.6. The van der Waals surface area contributed by atoms with E-state index < -0.39 is 41.8 Å². The average Bonchev–Trinajstić information content (AvgIpc) is 2.91. The summed E-state index contributed by atoms with van der Waals surface area (Å²) >= 11 is 0. The number of nitrogens with zero attached hydrogens (tertiary/aromatic N) is 1. The first kappa shape index (κ1) is 26.9. The molecule has 0 spiro atoms. The number of amides is 1. The van der Waals surface area contributed by atoms with Gasteiger partial charge in [0.15, 0.2) is 0 Å². The fraction of sp³-hybridized carbons (Fsp3) is 0.720. The van der Waals surface area contributed by atoms with Gasteiger partial charge in [0.2, 0.25) is 0 Å². The van der Waals surface area contributed by atoms with E-state index in [4.69, 9.17) is 14.0 Å². The van der Waals surface area contributed by atoms with Gasteiger partial charge in [-0.25, -0.2) is 4.79 Å². The molecule has 0 aromatic heterocycles. The standard InChI is InChI=1S/C25H37BF3NO4/c1-22(2,3)32-21(31)30(19-11-9-8-10-12-19)16-17-15-18(25(27,28)29)13-14-20(17)26-33-23(4,5)24(6,7)34-26/h13-15,19H,8-12,16H2,1-7H3. The molecular formula is C25H37BF3NO4. The number of halogens is 3. The average molecular weight is 483 g/mol. The van der Waals surface area contributed by atoms with Crippen LogP contribution in [0, 0.1) is 0 Å². The predicted molar refractivity (Wildman–Crippen MR) is 126 cm³/mol. The summed E-state index contributed by atoms with van der Waals surface area (Å²) in [4.78, 5) is 14.8. The third-order valence-electron chi connectivity index (χ3n) is 6.96. The fourth-order valence-electron chi connectivity index (χ4n) is 4.36. The van der Waals surface area contributed by atoms with Gasteiger partial charge in [-0.1, -0.05) is 31.4 Å². The predicted octanol–water partition coefficient (Wildman–Crippen LogP) is 6.07. The zero-order valence-electron chi connectivity index (χ0n) is 21.3. The molecule has 1 aliphatic carbocycles. The molecule has 5 nitrogen and oxygen atoms in total. The van der Waals surface area contributed by atoms with Crippen molar-refractivity contribution in [3.05, 3.63) is 29.3 Å². The highest BCUT2D eigenvalue weighted by atomic mass is 19.4. The van der Waals surface area contributed by atoms with E-state index in [2.05, 4.69) is 0 Å². The topological polar surface area (TPSA) is 48.0 Å². The summed E-state index contributed by atoms with van der Waals surface area (Å²) in [6.45, 7) is 12.9. The Labute approximate surface area is 201 Å². The van der Waals surface area contributed by atoms with Crippen LogP contribution in [0.2, 0.25) is 0 Å². The second-order valence-corrected chi connectivity index (χ2v) is 11.4. The van der Waals surface area contributed by atoms with Crippen molar-refractivity contribution in [2.75, 3.05) is 0 Å². The van der Waals surface area contributed by atoms with Crippen LogP contribution in [0.25, 0.3) is 0 Å². The van der Waals surface area contributed by atoms with Gasteiger partial charge >= 0.3 is 19.4 Å². The molecule has 1 heterocycles. The molecule has 1 aromatic carbocycles. The lowest BCUT2D eigenvalue weighted by Crippen LogP contribution is -2.46. The van der Waals surface area contributed by atoms with Crippen LogP contribution in [-0.4, -0.2) is 41.0 Å². The van der Waals surface area contributed by atoms with Gasteiger partial charge in [0.05, 0.1) is 16.8 Å². The quantitative estimate of drug-likeness (QED) is 0.488. The summed E-state index contributed by atoms with van der Waals surface area (Å²) < 4.78 is 58.8. The first-order chi connectivity index (χ1) is 15.5. The maximum Gasteiger partial charge on any atom is 0.495 e. The first-order valence-corrected chi connectivity index (χ1v) is 12.1. The molecule has 1 aromatic rings. The summed E-state index contributed by atoms with van der Waals surface area (Å²) in [5, 5.41) is 0. The van der Waals surface area contributed by atoms with Gasteiger partial charge in [0.1, 0.15) is 5.60 Å². The van der Waals surface area contributed by atoms with Crippen molar-refractivity contribution in [1.82, 2.24) is 4.90 Å². The highest BCUT2D eigenvalue weighted by Gasteiger charge is 2.52. The highest BCUT2D eigenvalue weighted by Crippen LogP contribution is 2.38. The number of benzene rings is 1. The molecule has 34 heavy (non-hydrogen) atoms. The third-order valence-corrected chi connectivity index (χ3v) is 6.96. The minimum absolute atomic E-state index is 0.0110. The van der Waals surface area contributed by atoms with Crippen molar-refractivity contribution < 1.29 is 32.0 Å². The Bertz CT molecular complexity index is 873.